The standard InChI is InChI=1S/C14H18N2O4/c1-6-11(14(19)20)7(2)13(16-10(5)18)8(3)12(6)15-9(4)17/h1-5H3,(H,15,17)(H,16,18)(H,19,20). The van der Waals surface area contributed by atoms with Gasteiger partial charge in [0.15, 0.2) is 0 Å². The van der Waals surface area contributed by atoms with Crippen molar-refractivity contribution in [1.82, 2.24) is 0 Å². The van der Waals surface area contributed by atoms with Gasteiger partial charge >= 0.3 is 5.97 Å². The zero-order chi connectivity index (χ0) is 15.6. The number of hydrogen-bond donors (Lipinski definition) is 3. The Labute approximate surface area is 117 Å². The van der Waals surface area contributed by atoms with E-state index in [0.29, 0.717) is 28.1 Å². The maximum absolute atomic E-state index is 11.4. The molecule has 0 aliphatic heterocycles. The summed E-state index contributed by atoms with van der Waals surface area (Å²) in [4.78, 5) is 33.9. The molecule has 108 valence electrons. The van der Waals surface area contributed by atoms with E-state index < -0.39 is 5.97 Å². The summed E-state index contributed by atoms with van der Waals surface area (Å²) in [5.41, 5.74) is 2.50. The molecule has 1 aromatic rings. The lowest BCUT2D eigenvalue weighted by Gasteiger charge is -2.20. The third-order valence-electron chi connectivity index (χ3n) is 3.07. The Balaban J connectivity index is 3.68. The fraction of sp³-hybridized carbons (Fsp3) is 0.357. The van der Waals surface area contributed by atoms with Crippen molar-refractivity contribution in [2.24, 2.45) is 0 Å². The molecule has 6 nitrogen and oxygen atoms in total. The molecule has 0 unspecified atom stereocenters. The van der Waals surface area contributed by atoms with Crippen LogP contribution in [-0.4, -0.2) is 22.9 Å². The molecule has 0 aromatic heterocycles. The molecule has 0 aliphatic carbocycles. The van der Waals surface area contributed by atoms with Crippen molar-refractivity contribution in [3.8, 4) is 0 Å². The van der Waals surface area contributed by atoms with Gasteiger partial charge in [0.05, 0.1) is 5.56 Å². The largest absolute Gasteiger partial charge is 0.478 e. The topological polar surface area (TPSA) is 95.5 Å². The van der Waals surface area contributed by atoms with Crippen LogP contribution in [0, 0.1) is 20.8 Å². The monoisotopic (exact) mass is 278 g/mol. The van der Waals surface area contributed by atoms with Crippen LogP contribution in [0.2, 0.25) is 0 Å². The molecular formula is C14H18N2O4. The van der Waals surface area contributed by atoms with Gasteiger partial charge in [-0.15, -0.1) is 0 Å². The number of carbonyl (C=O) groups is 3. The number of carboxylic acid groups (broad SMARTS) is 1. The first-order chi connectivity index (χ1) is 9.16. The molecule has 2 amide bonds. The van der Waals surface area contributed by atoms with Crippen molar-refractivity contribution < 1.29 is 19.5 Å². The summed E-state index contributed by atoms with van der Waals surface area (Å²) >= 11 is 0. The summed E-state index contributed by atoms with van der Waals surface area (Å²) in [6.45, 7) is 7.68. The number of anilines is 2. The quantitative estimate of drug-likeness (QED) is 0.790. The molecular weight excluding hydrogens is 260 g/mol. The number of nitrogens with one attached hydrogen (secondary N) is 2. The second-order valence-electron chi connectivity index (χ2n) is 4.67. The van der Waals surface area contributed by atoms with Gasteiger partial charge in [0.1, 0.15) is 0 Å². The molecule has 20 heavy (non-hydrogen) atoms. The zero-order valence-electron chi connectivity index (χ0n) is 12.2. The fourth-order valence-electron chi connectivity index (χ4n) is 2.27. The van der Waals surface area contributed by atoms with E-state index in [4.69, 9.17) is 0 Å². The van der Waals surface area contributed by atoms with Gasteiger partial charge in [0.25, 0.3) is 0 Å². The highest BCUT2D eigenvalue weighted by Crippen LogP contribution is 2.34. The van der Waals surface area contributed by atoms with E-state index in [0.717, 1.165) is 0 Å². The van der Waals surface area contributed by atoms with Crippen LogP contribution >= 0.6 is 0 Å². The minimum Gasteiger partial charge on any atom is -0.478 e. The van der Waals surface area contributed by atoms with E-state index >= 15 is 0 Å². The molecule has 0 aliphatic rings. The lowest BCUT2D eigenvalue weighted by atomic mass is 9.94. The summed E-state index contributed by atoms with van der Waals surface area (Å²) in [6.07, 6.45) is 0. The van der Waals surface area contributed by atoms with Gasteiger partial charge in [0, 0.05) is 25.2 Å². The number of amides is 2. The molecule has 0 atom stereocenters. The van der Waals surface area contributed by atoms with Gasteiger partial charge in [0.2, 0.25) is 11.8 Å². The summed E-state index contributed by atoms with van der Waals surface area (Å²) < 4.78 is 0. The van der Waals surface area contributed by atoms with E-state index in [-0.39, 0.29) is 17.4 Å². The smallest absolute Gasteiger partial charge is 0.336 e. The Bertz CT molecular complexity index is 563. The van der Waals surface area contributed by atoms with E-state index in [1.165, 1.54) is 13.8 Å². The predicted octanol–water partition coefficient (Wildman–Crippen LogP) is 2.23. The Morgan fingerprint density at radius 2 is 1.15 bits per heavy atom. The van der Waals surface area contributed by atoms with E-state index in [9.17, 15) is 19.5 Å². The van der Waals surface area contributed by atoms with Gasteiger partial charge in [-0.3, -0.25) is 9.59 Å². The predicted molar refractivity (Wildman–Crippen MR) is 76.2 cm³/mol. The second kappa shape index (κ2) is 5.73. The second-order valence-corrected chi connectivity index (χ2v) is 4.67. The number of carboxylic acids is 1. The van der Waals surface area contributed by atoms with E-state index in [1.807, 2.05) is 0 Å². The van der Waals surface area contributed by atoms with Crippen LogP contribution in [0.25, 0.3) is 0 Å². The van der Waals surface area contributed by atoms with Crippen LogP contribution in [0.5, 0.6) is 0 Å². The van der Waals surface area contributed by atoms with Crippen molar-refractivity contribution in [3.05, 3.63) is 22.3 Å². The molecule has 0 radical (unpaired) electrons. The fourth-order valence-corrected chi connectivity index (χ4v) is 2.27. The van der Waals surface area contributed by atoms with Crippen LogP contribution in [0.1, 0.15) is 40.9 Å². The Hall–Kier alpha value is -2.37. The van der Waals surface area contributed by atoms with Crippen molar-refractivity contribution >= 4 is 29.2 Å². The first kappa shape index (κ1) is 15.7. The summed E-state index contributed by atoms with van der Waals surface area (Å²) in [6, 6.07) is 0. The average Bonchev–Trinajstić information content (AvgIpc) is 2.29. The molecule has 0 heterocycles. The van der Waals surface area contributed by atoms with Crippen LogP contribution in [-0.2, 0) is 9.59 Å². The van der Waals surface area contributed by atoms with Crippen molar-refractivity contribution in [3.63, 3.8) is 0 Å². The lowest BCUT2D eigenvalue weighted by Crippen LogP contribution is -2.17. The first-order valence-electron chi connectivity index (χ1n) is 6.09. The highest BCUT2D eigenvalue weighted by molar-refractivity contribution is 6.02. The SMILES string of the molecule is CC(=O)Nc1c(C)c(NC(C)=O)c(C)c(C(=O)O)c1C. The highest BCUT2D eigenvalue weighted by atomic mass is 16.4. The zero-order valence-corrected chi connectivity index (χ0v) is 12.2. The van der Waals surface area contributed by atoms with E-state index in [2.05, 4.69) is 10.6 Å². The maximum atomic E-state index is 11.4. The van der Waals surface area contributed by atoms with Crippen LogP contribution < -0.4 is 10.6 Å². The first-order valence-corrected chi connectivity index (χ1v) is 6.09. The minimum absolute atomic E-state index is 0.0862. The number of hydrogen-bond acceptors (Lipinski definition) is 3. The van der Waals surface area contributed by atoms with Crippen LogP contribution in [0.15, 0.2) is 0 Å². The summed E-state index contributed by atoms with van der Waals surface area (Å²) in [7, 11) is 0. The molecule has 0 saturated carbocycles. The molecule has 6 heteroatoms. The molecule has 0 fully saturated rings. The van der Waals surface area contributed by atoms with Gasteiger partial charge in [-0.05, 0) is 37.5 Å². The number of aromatic carboxylic acids is 1. The summed E-state index contributed by atoms with van der Waals surface area (Å²) in [5.74, 6) is -1.70. The number of carbonyl (C=O) groups excluding carboxylic acids is 2. The van der Waals surface area contributed by atoms with E-state index in [1.54, 1.807) is 20.8 Å². The highest BCUT2D eigenvalue weighted by Gasteiger charge is 2.22. The van der Waals surface area contributed by atoms with Gasteiger partial charge < -0.3 is 15.7 Å². The molecule has 1 rings (SSSR count). The Morgan fingerprint density at radius 1 is 0.800 bits per heavy atom. The molecule has 0 spiro atoms. The van der Waals surface area contributed by atoms with Crippen molar-refractivity contribution in [2.45, 2.75) is 34.6 Å². The molecule has 1 aromatic carbocycles. The maximum Gasteiger partial charge on any atom is 0.336 e. The molecule has 3 N–H and O–H groups in total. The Kier molecular flexibility index (Phi) is 4.49. The lowest BCUT2D eigenvalue weighted by molar-refractivity contribution is -0.115. The van der Waals surface area contributed by atoms with Crippen LogP contribution in [0.4, 0.5) is 11.4 Å². The van der Waals surface area contributed by atoms with Gasteiger partial charge in [-0.1, -0.05) is 0 Å². The normalized spacial score (nSPS) is 10.1. The Morgan fingerprint density at radius 3 is 1.40 bits per heavy atom. The average molecular weight is 278 g/mol. The number of benzene rings is 1. The molecule has 0 saturated heterocycles. The van der Waals surface area contributed by atoms with Crippen molar-refractivity contribution in [2.75, 3.05) is 10.6 Å². The van der Waals surface area contributed by atoms with Crippen molar-refractivity contribution in [1.29, 1.82) is 0 Å². The summed E-state index contributed by atoms with van der Waals surface area (Å²) in [5, 5.41) is 14.6. The minimum atomic E-state index is -1.10. The third-order valence-corrected chi connectivity index (χ3v) is 3.07. The van der Waals surface area contributed by atoms with Gasteiger partial charge in [-0.2, -0.15) is 0 Å². The van der Waals surface area contributed by atoms with Crippen LogP contribution in [0.3, 0.4) is 0 Å². The number of rotatable bonds is 3. The molecule has 0 bridgehead atoms. The van der Waals surface area contributed by atoms with Gasteiger partial charge in [-0.25, -0.2) is 4.79 Å². The third kappa shape index (κ3) is 2.96.